The van der Waals surface area contributed by atoms with E-state index in [4.69, 9.17) is 0 Å². The first-order valence-corrected chi connectivity index (χ1v) is 13.4. The summed E-state index contributed by atoms with van der Waals surface area (Å²) < 4.78 is 28.0. The Labute approximate surface area is 199 Å². The summed E-state index contributed by atoms with van der Waals surface area (Å²) in [6, 6.07) is 3.41. The normalized spacial score (nSPS) is 15.9. The van der Waals surface area contributed by atoms with Gasteiger partial charge in [0, 0.05) is 35.6 Å². The Morgan fingerprint density at radius 2 is 2.00 bits per heavy atom. The summed E-state index contributed by atoms with van der Waals surface area (Å²) in [5.41, 5.74) is 0.247. The Bertz CT molecular complexity index is 1110. The van der Waals surface area contributed by atoms with E-state index in [1.807, 2.05) is 13.1 Å². The fourth-order valence-corrected chi connectivity index (χ4v) is 5.54. The Morgan fingerprint density at radius 1 is 1.26 bits per heavy atom. The van der Waals surface area contributed by atoms with Crippen LogP contribution in [0, 0.1) is 5.92 Å². The van der Waals surface area contributed by atoms with E-state index in [1.54, 1.807) is 22.8 Å². The third kappa shape index (κ3) is 6.94. The van der Waals surface area contributed by atoms with Gasteiger partial charge in [0.1, 0.15) is 6.04 Å². The number of carboxylic acid groups (broad SMARTS) is 1. The number of nitrogens with one attached hydrogen (secondary N) is 3. The summed E-state index contributed by atoms with van der Waals surface area (Å²) in [4.78, 5) is 24.1. The van der Waals surface area contributed by atoms with Crippen LogP contribution < -0.4 is 15.4 Å². The number of aromatic hydroxyl groups is 1. The number of fused-ring (bicyclic) bond motifs is 1. The van der Waals surface area contributed by atoms with Crippen molar-refractivity contribution in [1.29, 1.82) is 0 Å². The number of sulfonamides is 1. The van der Waals surface area contributed by atoms with Crippen LogP contribution in [-0.4, -0.2) is 66.5 Å². The summed E-state index contributed by atoms with van der Waals surface area (Å²) in [5.74, 6) is -1.40. The molecule has 2 heterocycles. The highest BCUT2D eigenvalue weighted by molar-refractivity contribution is 7.89. The fourth-order valence-electron chi connectivity index (χ4n) is 4.14. The van der Waals surface area contributed by atoms with Crippen molar-refractivity contribution in [1.82, 2.24) is 19.9 Å². The number of carboxylic acids is 1. The maximum Gasteiger partial charge on any atom is 0.323 e. The van der Waals surface area contributed by atoms with Gasteiger partial charge in [0.15, 0.2) is 5.88 Å². The lowest BCUT2D eigenvalue weighted by Crippen LogP contribution is -2.48. The minimum absolute atomic E-state index is 0.0886. The molecule has 2 aromatic rings. The SMILES string of the molecule is CCCCS(=O)(=O)N[C@H](CNC(=O)c1ccc2cn(CCC3CCNCC3)c(O)c2c1)C(=O)O. The second kappa shape index (κ2) is 11.7. The zero-order chi connectivity index (χ0) is 24.7. The van der Waals surface area contributed by atoms with Crippen LogP contribution in [0.4, 0.5) is 0 Å². The Kier molecular flexibility index (Phi) is 8.92. The Balaban J connectivity index is 1.64. The van der Waals surface area contributed by atoms with Crippen molar-refractivity contribution < 1.29 is 28.2 Å². The van der Waals surface area contributed by atoms with Gasteiger partial charge in [-0.05, 0) is 56.8 Å². The average molecular weight is 495 g/mol. The maximum atomic E-state index is 12.6. The summed E-state index contributed by atoms with van der Waals surface area (Å²) in [6.07, 6.45) is 6.14. The molecule has 1 saturated heterocycles. The van der Waals surface area contributed by atoms with Crippen molar-refractivity contribution in [3.8, 4) is 5.88 Å². The standard InChI is InChI=1S/C23H34N4O6S/c1-2-3-12-34(32,33)26-20(23(30)31)14-25-21(28)17-4-5-18-15-27(22(29)19(18)13-17)11-8-16-6-9-24-10-7-16/h4-5,13,15-16,20,24,26,29H,2-3,6-12,14H2,1H3,(H,25,28)(H,30,31)/t20-/m1/s1. The highest BCUT2D eigenvalue weighted by Crippen LogP contribution is 2.29. The van der Waals surface area contributed by atoms with Gasteiger partial charge < -0.3 is 25.4 Å². The zero-order valence-electron chi connectivity index (χ0n) is 19.4. The van der Waals surface area contributed by atoms with E-state index < -0.39 is 34.5 Å². The van der Waals surface area contributed by atoms with Crippen LogP contribution in [0.1, 0.15) is 49.4 Å². The van der Waals surface area contributed by atoms with Gasteiger partial charge in [-0.1, -0.05) is 19.4 Å². The molecule has 0 saturated carbocycles. The summed E-state index contributed by atoms with van der Waals surface area (Å²) in [7, 11) is -3.77. The number of hydrogen-bond donors (Lipinski definition) is 5. The molecule has 1 fully saturated rings. The second-order valence-electron chi connectivity index (χ2n) is 8.82. The van der Waals surface area contributed by atoms with Crippen molar-refractivity contribution in [2.75, 3.05) is 25.4 Å². The van der Waals surface area contributed by atoms with Gasteiger partial charge in [-0.3, -0.25) is 9.59 Å². The first kappa shape index (κ1) is 26.0. The van der Waals surface area contributed by atoms with Crippen molar-refractivity contribution in [2.45, 2.75) is 51.6 Å². The average Bonchev–Trinajstić information content (AvgIpc) is 3.14. The lowest BCUT2D eigenvalue weighted by atomic mass is 9.95. The number of carbonyl (C=O) groups excluding carboxylic acids is 1. The van der Waals surface area contributed by atoms with Crippen molar-refractivity contribution in [3.63, 3.8) is 0 Å². The fraction of sp³-hybridized carbons (Fsp3) is 0.565. The molecule has 1 atom stereocenters. The minimum atomic E-state index is -3.77. The van der Waals surface area contributed by atoms with Gasteiger partial charge in [-0.2, -0.15) is 4.72 Å². The van der Waals surface area contributed by atoms with Crippen molar-refractivity contribution >= 4 is 32.7 Å². The molecule has 0 unspecified atom stereocenters. The van der Waals surface area contributed by atoms with Crippen LogP contribution in [0.2, 0.25) is 0 Å². The molecule has 188 valence electrons. The number of benzene rings is 1. The molecule has 1 aliphatic heterocycles. The minimum Gasteiger partial charge on any atom is -0.494 e. The Morgan fingerprint density at radius 3 is 2.68 bits per heavy atom. The molecule has 34 heavy (non-hydrogen) atoms. The molecule has 1 aliphatic rings. The summed E-state index contributed by atoms with van der Waals surface area (Å²) in [5, 5.41) is 27.2. The van der Waals surface area contributed by atoms with Crippen molar-refractivity contribution in [2.24, 2.45) is 5.92 Å². The largest absolute Gasteiger partial charge is 0.494 e. The Hall–Kier alpha value is -2.63. The molecule has 1 aromatic carbocycles. The highest BCUT2D eigenvalue weighted by Gasteiger charge is 2.24. The van der Waals surface area contributed by atoms with Crippen LogP contribution in [0.3, 0.4) is 0 Å². The topological polar surface area (TPSA) is 150 Å². The predicted molar refractivity (Wildman–Crippen MR) is 129 cm³/mol. The number of aliphatic carboxylic acids is 1. The third-order valence-electron chi connectivity index (χ3n) is 6.21. The zero-order valence-corrected chi connectivity index (χ0v) is 20.2. The molecule has 11 heteroatoms. The molecular formula is C23H34N4O6S. The van der Waals surface area contributed by atoms with Crippen LogP contribution in [-0.2, 0) is 21.4 Å². The van der Waals surface area contributed by atoms with E-state index in [1.165, 1.54) is 0 Å². The number of aromatic nitrogens is 1. The van der Waals surface area contributed by atoms with Crippen LogP contribution >= 0.6 is 0 Å². The molecule has 5 N–H and O–H groups in total. The number of unbranched alkanes of at least 4 members (excludes halogenated alkanes) is 1. The second-order valence-corrected chi connectivity index (χ2v) is 10.7. The molecule has 1 aromatic heterocycles. The van der Waals surface area contributed by atoms with Gasteiger partial charge >= 0.3 is 5.97 Å². The van der Waals surface area contributed by atoms with E-state index in [-0.39, 0.29) is 17.2 Å². The van der Waals surface area contributed by atoms with Gasteiger partial charge in [0.25, 0.3) is 5.91 Å². The quantitative estimate of drug-likeness (QED) is 0.301. The van der Waals surface area contributed by atoms with Gasteiger partial charge in [-0.15, -0.1) is 0 Å². The molecule has 0 aliphatic carbocycles. The van der Waals surface area contributed by atoms with Crippen LogP contribution in [0.25, 0.3) is 10.8 Å². The van der Waals surface area contributed by atoms with E-state index in [2.05, 4.69) is 15.4 Å². The highest BCUT2D eigenvalue weighted by atomic mass is 32.2. The monoisotopic (exact) mass is 494 g/mol. The molecule has 10 nitrogen and oxygen atoms in total. The number of hydrogen-bond acceptors (Lipinski definition) is 6. The summed E-state index contributed by atoms with van der Waals surface area (Å²) >= 11 is 0. The number of piperidine rings is 1. The molecule has 1 amide bonds. The number of carbonyl (C=O) groups is 2. The molecular weight excluding hydrogens is 460 g/mol. The molecule has 3 rings (SSSR count). The number of aryl methyl sites for hydroxylation is 1. The van der Waals surface area contributed by atoms with E-state index in [9.17, 15) is 28.2 Å². The lowest BCUT2D eigenvalue weighted by Gasteiger charge is -2.22. The predicted octanol–water partition coefficient (Wildman–Crippen LogP) is 1.64. The molecule has 0 spiro atoms. The van der Waals surface area contributed by atoms with Gasteiger partial charge in [-0.25, -0.2) is 8.42 Å². The summed E-state index contributed by atoms with van der Waals surface area (Å²) in [6.45, 7) is 4.16. The van der Waals surface area contributed by atoms with Crippen molar-refractivity contribution in [3.05, 3.63) is 30.0 Å². The van der Waals surface area contributed by atoms with Gasteiger partial charge in [0.2, 0.25) is 10.0 Å². The maximum absolute atomic E-state index is 12.6. The van der Waals surface area contributed by atoms with Gasteiger partial charge in [0.05, 0.1) is 5.75 Å². The van der Waals surface area contributed by atoms with E-state index >= 15 is 0 Å². The third-order valence-corrected chi connectivity index (χ3v) is 7.68. The number of rotatable bonds is 12. The lowest BCUT2D eigenvalue weighted by molar-refractivity contribution is -0.138. The van der Waals surface area contributed by atoms with E-state index in [0.717, 1.165) is 37.7 Å². The molecule has 0 radical (unpaired) electrons. The van der Waals surface area contributed by atoms with E-state index in [0.29, 0.717) is 30.7 Å². The number of nitrogens with zero attached hydrogens (tertiary/aromatic N) is 1. The molecule has 0 bridgehead atoms. The number of amides is 1. The van der Waals surface area contributed by atoms with Crippen LogP contribution in [0.15, 0.2) is 24.4 Å². The van der Waals surface area contributed by atoms with Crippen LogP contribution in [0.5, 0.6) is 5.88 Å². The first-order chi connectivity index (χ1) is 16.2. The smallest absolute Gasteiger partial charge is 0.323 e. The first-order valence-electron chi connectivity index (χ1n) is 11.7.